The number of ether oxygens (including phenoxy) is 1. The first-order chi connectivity index (χ1) is 5.33. The van der Waals surface area contributed by atoms with Crippen LogP contribution < -0.4 is 0 Å². The summed E-state index contributed by atoms with van der Waals surface area (Å²) in [7, 11) is -4.05. The third kappa shape index (κ3) is 10.0. The Morgan fingerprint density at radius 1 is 1.54 bits per heavy atom. The van der Waals surface area contributed by atoms with Crippen LogP contribution in [0.4, 0.5) is 0 Å². The molecule has 1 N–H and O–H groups in total. The van der Waals surface area contributed by atoms with E-state index in [0.717, 1.165) is 0 Å². The molecule has 0 unspecified atom stereocenters. The Bertz CT molecular complexity index is 281. The van der Waals surface area contributed by atoms with Crippen LogP contribution in [0.3, 0.4) is 0 Å². The predicted molar refractivity (Wildman–Crippen MR) is 47.9 cm³/mol. The second-order valence-corrected chi connectivity index (χ2v) is 3.77. The topological polar surface area (TPSA) is 80.7 Å². The predicted octanol–water partition coefficient (Wildman–Crippen LogP) is -0.387. The third-order valence-corrected chi connectivity index (χ3v) is 1.61. The first kappa shape index (κ1) is 15.6. The van der Waals surface area contributed by atoms with Crippen molar-refractivity contribution in [3.8, 4) is 0 Å². The van der Waals surface area contributed by atoms with Gasteiger partial charge in [-0.25, -0.2) is 4.79 Å². The second kappa shape index (κ2) is 6.56. The maximum Gasteiger partial charge on any atom is 0.333 e. The van der Waals surface area contributed by atoms with E-state index in [9.17, 15) is 13.2 Å². The monoisotopic (exact) mass is 217 g/mol. The van der Waals surface area contributed by atoms with Gasteiger partial charge in [-0.1, -0.05) is 6.58 Å². The second-order valence-electron chi connectivity index (χ2n) is 2.20. The van der Waals surface area contributed by atoms with Crippen LogP contribution in [0.25, 0.3) is 0 Å². The maximum atomic E-state index is 10.6. The number of esters is 1. The van der Waals surface area contributed by atoms with E-state index in [1.807, 2.05) is 0 Å². The normalized spacial score (nSPS) is 10.0. The molecular formula is C6H10NaO5S. The molecule has 0 spiro atoms. The molecule has 1 radical (unpaired) electrons. The molecule has 0 fully saturated rings. The summed E-state index contributed by atoms with van der Waals surface area (Å²) in [6.07, 6.45) is 0. The Balaban J connectivity index is 0. The van der Waals surface area contributed by atoms with Crippen molar-refractivity contribution in [3.05, 3.63) is 12.2 Å². The van der Waals surface area contributed by atoms with Gasteiger partial charge in [0.15, 0.2) is 0 Å². The van der Waals surface area contributed by atoms with Crippen molar-refractivity contribution in [2.24, 2.45) is 0 Å². The molecule has 0 amide bonds. The summed E-state index contributed by atoms with van der Waals surface area (Å²) < 4.78 is 32.9. The minimum Gasteiger partial charge on any atom is -0.461 e. The molecule has 0 heterocycles. The van der Waals surface area contributed by atoms with Gasteiger partial charge in [0, 0.05) is 35.1 Å². The quantitative estimate of drug-likeness (QED) is 0.300. The van der Waals surface area contributed by atoms with Gasteiger partial charge in [0.25, 0.3) is 10.1 Å². The van der Waals surface area contributed by atoms with Gasteiger partial charge in [-0.15, -0.1) is 0 Å². The van der Waals surface area contributed by atoms with E-state index in [1.165, 1.54) is 6.92 Å². The number of carbonyl (C=O) groups excluding carboxylic acids is 1. The van der Waals surface area contributed by atoms with Crippen LogP contribution in [-0.2, 0) is 19.6 Å². The van der Waals surface area contributed by atoms with Gasteiger partial charge in [-0.3, -0.25) is 4.55 Å². The molecule has 0 rings (SSSR count). The summed E-state index contributed by atoms with van der Waals surface area (Å²) in [6.45, 7) is 4.37. The minimum absolute atomic E-state index is 0. The Morgan fingerprint density at radius 2 is 2.00 bits per heavy atom. The van der Waals surface area contributed by atoms with E-state index >= 15 is 0 Å². The molecule has 7 heteroatoms. The fourth-order valence-corrected chi connectivity index (χ4v) is 0.657. The largest absolute Gasteiger partial charge is 0.461 e. The van der Waals surface area contributed by atoms with Crippen LogP contribution in [0.15, 0.2) is 12.2 Å². The Labute approximate surface area is 99.2 Å². The van der Waals surface area contributed by atoms with Crippen molar-refractivity contribution in [2.75, 3.05) is 12.4 Å². The van der Waals surface area contributed by atoms with Gasteiger partial charge in [-0.05, 0) is 6.92 Å². The molecule has 0 aliphatic heterocycles. The molecule has 0 saturated carbocycles. The van der Waals surface area contributed by atoms with E-state index in [2.05, 4.69) is 11.3 Å². The average Bonchev–Trinajstić information content (AvgIpc) is 1.84. The van der Waals surface area contributed by atoms with Crippen LogP contribution in [-0.4, -0.2) is 60.9 Å². The SMILES string of the molecule is C=C(C)C(=O)OCCS(=O)(=O)O.[Na]. The van der Waals surface area contributed by atoms with Crippen molar-refractivity contribution in [2.45, 2.75) is 6.92 Å². The van der Waals surface area contributed by atoms with Crippen molar-refractivity contribution < 1.29 is 22.5 Å². The zero-order chi connectivity index (χ0) is 9.78. The van der Waals surface area contributed by atoms with E-state index in [1.54, 1.807) is 0 Å². The molecule has 0 aromatic carbocycles. The van der Waals surface area contributed by atoms with E-state index < -0.39 is 21.8 Å². The fourth-order valence-electron chi connectivity index (χ4n) is 0.363. The molecule has 0 saturated heterocycles. The fraction of sp³-hybridized carbons (Fsp3) is 0.500. The van der Waals surface area contributed by atoms with Crippen molar-refractivity contribution in [1.29, 1.82) is 0 Å². The minimum atomic E-state index is -4.05. The molecule has 0 aliphatic rings. The van der Waals surface area contributed by atoms with Gasteiger partial charge in [0.2, 0.25) is 0 Å². The molecule has 71 valence electrons. The van der Waals surface area contributed by atoms with E-state index in [-0.39, 0.29) is 41.7 Å². The van der Waals surface area contributed by atoms with Crippen LogP contribution in [0, 0.1) is 0 Å². The molecule has 5 nitrogen and oxygen atoms in total. The van der Waals surface area contributed by atoms with Crippen LogP contribution >= 0.6 is 0 Å². The first-order valence-electron chi connectivity index (χ1n) is 3.11. The molecule has 0 aliphatic carbocycles. The van der Waals surface area contributed by atoms with Crippen LogP contribution in [0.2, 0.25) is 0 Å². The van der Waals surface area contributed by atoms with E-state index in [4.69, 9.17) is 4.55 Å². The molecule has 13 heavy (non-hydrogen) atoms. The average molecular weight is 217 g/mol. The van der Waals surface area contributed by atoms with Crippen molar-refractivity contribution in [1.82, 2.24) is 0 Å². The molecule has 0 aromatic heterocycles. The van der Waals surface area contributed by atoms with Gasteiger partial charge >= 0.3 is 5.97 Å². The van der Waals surface area contributed by atoms with E-state index in [0.29, 0.717) is 0 Å². The molecule has 0 bridgehead atoms. The molecule has 0 atom stereocenters. The van der Waals surface area contributed by atoms with Gasteiger partial charge in [0.05, 0.1) is 0 Å². The maximum absolute atomic E-state index is 10.6. The summed E-state index contributed by atoms with van der Waals surface area (Å²) in [5.74, 6) is -1.26. The van der Waals surface area contributed by atoms with Gasteiger partial charge in [-0.2, -0.15) is 8.42 Å². The summed E-state index contributed by atoms with van der Waals surface area (Å²) >= 11 is 0. The van der Waals surface area contributed by atoms with Crippen molar-refractivity contribution in [3.63, 3.8) is 0 Å². The summed E-state index contributed by atoms with van der Waals surface area (Å²) in [5.41, 5.74) is 0.185. The summed E-state index contributed by atoms with van der Waals surface area (Å²) in [5, 5.41) is 0. The third-order valence-electron chi connectivity index (χ3n) is 0.923. The zero-order valence-corrected chi connectivity index (χ0v) is 10.4. The number of rotatable bonds is 4. The Morgan fingerprint density at radius 3 is 2.31 bits per heavy atom. The Kier molecular flexibility index (Phi) is 7.86. The zero-order valence-electron chi connectivity index (χ0n) is 7.61. The molecule has 0 aromatic rings. The number of hydrogen-bond acceptors (Lipinski definition) is 4. The Hall–Kier alpha value is 0.120. The standard InChI is InChI=1S/C6H10O5S.Na/c1-5(2)6(7)11-3-4-12(8,9)10;/h1,3-4H2,2H3,(H,8,9,10);. The van der Waals surface area contributed by atoms with Crippen LogP contribution in [0.5, 0.6) is 0 Å². The van der Waals surface area contributed by atoms with Gasteiger partial charge < -0.3 is 4.74 Å². The van der Waals surface area contributed by atoms with Crippen molar-refractivity contribution >= 4 is 45.6 Å². The number of hydrogen-bond donors (Lipinski definition) is 1. The van der Waals surface area contributed by atoms with Crippen LogP contribution in [0.1, 0.15) is 6.92 Å². The molecular weight excluding hydrogens is 207 g/mol. The first-order valence-corrected chi connectivity index (χ1v) is 4.71. The van der Waals surface area contributed by atoms with Gasteiger partial charge in [0.1, 0.15) is 12.4 Å². The summed E-state index contributed by atoms with van der Waals surface area (Å²) in [6, 6.07) is 0. The number of carbonyl (C=O) groups is 1. The summed E-state index contributed by atoms with van der Waals surface area (Å²) in [4.78, 5) is 10.6. The smallest absolute Gasteiger partial charge is 0.333 e.